The minimum absolute atomic E-state index is 0.757. The van der Waals surface area contributed by atoms with Crippen LogP contribution in [0.25, 0.3) is 10.6 Å². The number of nitrogens with zero attached hydrogens (tertiary/aromatic N) is 2. The topological polar surface area (TPSA) is 51.0 Å². The van der Waals surface area contributed by atoms with Crippen LogP contribution in [0.15, 0.2) is 10.5 Å². The van der Waals surface area contributed by atoms with E-state index >= 15 is 0 Å². The zero-order valence-electron chi connectivity index (χ0n) is 9.00. The molecule has 0 aliphatic heterocycles. The van der Waals surface area contributed by atoms with Crippen molar-refractivity contribution in [3.63, 3.8) is 0 Å². The van der Waals surface area contributed by atoms with Crippen LogP contribution in [0.3, 0.4) is 0 Å². The van der Waals surface area contributed by atoms with Gasteiger partial charge in [-0.3, -0.25) is 0 Å². The van der Waals surface area contributed by atoms with Crippen LogP contribution in [0, 0.1) is 13.8 Å². The lowest BCUT2D eigenvalue weighted by atomic mass is 10.2. The largest absolute Gasteiger partial charge is 0.466 e. The summed E-state index contributed by atoms with van der Waals surface area (Å²) in [5.74, 6) is 1.81. The van der Waals surface area contributed by atoms with E-state index in [0.717, 1.165) is 33.6 Å². The van der Waals surface area contributed by atoms with Gasteiger partial charge in [0.1, 0.15) is 16.5 Å². The van der Waals surface area contributed by atoms with Gasteiger partial charge in [0.05, 0.1) is 5.56 Å². The molecule has 0 bridgehead atoms. The maximum Gasteiger partial charge on any atom is 0.151 e. The SMILES string of the molecule is CNCc1nnc(-c2cc(C)oc2C)s1. The second-order valence-corrected chi connectivity index (χ2v) is 4.42. The van der Waals surface area contributed by atoms with Crippen LogP contribution in [0.1, 0.15) is 16.5 Å². The first-order valence-corrected chi connectivity index (χ1v) is 5.56. The summed E-state index contributed by atoms with van der Waals surface area (Å²) in [6.45, 7) is 4.64. The molecule has 2 heterocycles. The highest BCUT2D eigenvalue weighted by Gasteiger charge is 2.12. The summed E-state index contributed by atoms with van der Waals surface area (Å²) < 4.78 is 5.46. The van der Waals surface area contributed by atoms with Gasteiger partial charge in [0.25, 0.3) is 0 Å². The molecular weight excluding hydrogens is 210 g/mol. The molecule has 5 heteroatoms. The van der Waals surface area contributed by atoms with Crippen LogP contribution in [-0.2, 0) is 6.54 Å². The van der Waals surface area contributed by atoms with E-state index in [0.29, 0.717) is 0 Å². The van der Waals surface area contributed by atoms with Crippen LogP contribution in [0.2, 0.25) is 0 Å². The molecule has 0 saturated carbocycles. The van der Waals surface area contributed by atoms with Gasteiger partial charge in [0.2, 0.25) is 0 Å². The molecule has 1 N–H and O–H groups in total. The average Bonchev–Trinajstić information content (AvgIpc) is 2.73. The van der Waals surface area contributed by atoms with Crippen molar-refractivity contribution in [2.75, 3.05) is 7.05 Å². The van der Waals surface area contributed by atoms with Gasteiger partial charge >= 0.3 is 0 Å². The van der Waals surface area contributed by atoms with Gasteiger partial charge in [-0.2, -0.15) is 0 Å². The smallest absolute Gasteiger partial charge is 0.151 e. The summed E-state index contributed by atoms with van der Waals surface area (Å²) in [6.07, 6.45) is 0. The first-order chi connectivity index (χ1) is 7.20. The van der Waals surface area contributed by atoms with E-state index in [-0.39, 0.29) is 0 Å². The maximum atomic E-state index is 5.46. The van der Waals surface area contributed by atoms with Crippen LogP contribution < -0.4 is 5.32 Å². The van der Waals surface area contributed by atoms with Gasteiger partial charge in [-0.05, 0) is 27.0 Å². The van der Waals surface area contributed by atoms with Crippen LogP contribution in [-0.4, -0.2) is 17.2 Å². The van der Waals surface area contributed by atoms with Crippen molar-refractivity contribution in [2.45, 2.75) is 20.4 Å². The van der Waals surface area contributed by atoms with E-state index in [1.54, 1.807) is 11.3 Å². The predicted molar refractivity (Wildman–Crippen MR) is 59.8 cm³/mol. The molecule has 4 nitrogen and oxygen atoms in total. The van der Waals surface area contributed by atoms with Crippen LogP contribution in [0.4, 0.5) is 0 Å². The van der Waals surface area contributed by atoms with Gasteiger partial charge < -0.3 is 9.73 Å². The minimum Gasteiger partial charge on any atom is -0.466 e. The van der Waals surface area contributed by atoms with Gasteiger partial charge in [0.15, 0.2) is 5.01 Å². The first-order valence-electron chi connectivity index (χ1n) is 4.75. The van der Waals surface area contributed by atoms with E-state index in [1.807, 2.05) is 27.0 Å². The third kappa shape index (κ3) is 2.08. The molecule has 2 aromatic heterocycles. The number of aromatic nitrogens is 2. The molecule has 0 atom stereocenters. The fourth-order valence-corrected chi connectivity index (χ4v) is 2.34. The number of nitrogens with one attached hydrogen (secondary N) is 1. The molecule has 15 heavy (non-hydrogen) atoms. The molecule has 0 spiro atoms. The summed E-state index contributed by atoms with van der Waals surface area (Å²) >= 11 is 1.59. The van der Waals surface area contributed by atoms with Crippen molar-refractivity contribution >= 4 is 11.3 Å². The molecule has 2 aromatic rings. The quantitative estimate of drug-likeness (QED) is 0.866. The lowest BCUT2D eigenvalue weighted by molar-refractivity contribution is 0.505. The molecule has 0 unspecified atom stereocenters. The number of hydrogen-bond acceptors (Lipinski definition) is 5. The Bertz CT molecular complexity index is 461. The number of hydrogen-bond donors (Lipinski definition) is 1. The third-order valence-corrected chi connectivity index (χ3v) is 3.02. The molecule has 0 fully saturated rings. The Kier molecular flexibility index (Phi) is 2.83. The second kappa shape index (κ2) is 4.12. The van der Waals surface area contributed by atoms with E-state index in [4.69, 9.17) is 4.42 Å². The van der Waals surface area contributed by atoms with Gasteiger partial charge in [-0.15, -0.1) is 10.2 Å². The lowest BCUT2D eigenvalue weighted by Gasteiger charge is -1.90. The Morgan fingerprint density at radius 2 is 2.20 bits per heavy atom. The summed E-state index contributed by atoms with van der Waals surface area (Å²) in [4.78, 5) is 0. The summed E-state index contributed by atoms with van der Waals surface area (Å²) in [7, 11) is 1.90. The van der Waals surface area contributed by atoms with Crippen LogP contribution in [0.5, 0.6) is 0 Å². The van der Waals surface area contributed by atoms with Crippen molar-refractivity contribution in [2.24, 2.45) is 0 Å². The predicted octanol–water partition coefficient (Wildman–Crippen LogP) is 2.13. The van der Waals surface area contributed by atoms with E-state index in [2.05, 4.69) is 15.5 Å². The fourth-order valence-electron chi connectivity index (χ4n) is 1.43. The summed E-state index contributed by atoms with van der Waals surface area (Å²) in [6, 6.07) is 2.00. The van der Waals surface area contributed by atoms with Crippen LogP contribution >= 0.6 is 11.3 Å². The highest BCUT2D eigenvalue weighted by Crippen LogP contribution is 2.28. The number of rotatable bonds is 3. The second-order valence-electron chi connectivity index (χ2n) is 3.36. The van der Waals surface area contributed by atoms with Crippen molar-refractivity contribution in [1.82, 2.24) is 15.5 Å². The van der Waals surface area contributed by atoms with Gasteiger partial charge in [-0.25, -0.2) is 0 Å². The molecule has 80 valence electrons. The third-order valence-electron chi connectivity index (χ3n) is 2.07. The minimum atomic E-state index is 0.757. The Balaban J connectivity index is 2.32. The number of furan rings is 1. The highest BCUT2D eigenvalue weighted by atomic mass is 32.1. The standard InChI is InChI=1S/C10H13N3OS/c1-6-4-8(7(2)14-6)10-13-12-9(15-10)5-11-3/h4,11H,5H2,1-3H3. The Hall–Kier alpha value is -1.20. The zero-order valence-corrected chi connectivity index (χ0v) is 9.81. The zero-order chi connectivity index (χ0) is 10.8. The summed E-state index contributed by atoms with van der Waals surface area (Å²) in [5.41, 5.74) is 1.05. The first kappa shape index (κ1) is 10.3. The monoisotopic (exact) mass is 223 g/mol. The van der Waals surface area contributed by atoms with Gasteiger partial charge in [-0.1, -0.05) is 11.3 Å². The molecule has 0 aliphatic rings. The van der Waals surface area contributed by atoms with Crippen molar-refractivity contribution in [3.8, 4) is 10.6 Å². The number of aryl methyl sites for hydroxylation is 2. The lowest BCUT2D eigenvalue weighted by Crippen LogP contribution is -2.04. The maximum absolute atomic E-state index is 5.46. The van der Waals surface area contributed by atoms with Crippen molar-refractivity contribution in [1.29, 1.82) is 0 Å². The highest BCUT2D eigenvalue weighted by molar-refractivity contribution is 7.14. The molecule has 0 saturated heterocycles. The Labute approximate surface area is 92.3 Å². The molecular formula is C10H13N3OS. The Morgan fingerprint density at radius 1 is 1.40 bits per heavy atom. The molecule has 2 rings (SSSR count). The fraction of sp³-hybridized carbons (Fsp3) is 0.400. The molecule has 0 aromatic carbocycles. The van der Waals surface area contributed by atoms with E-state index in [9.17, 15) is 0 Å². The molecule has 0 aliphatic carbocycles. The van der Waals surface area contributed by atoms with Gasteiger partial charge in [0, 0.05) is 6.54 Å². The van der Waals surface area contributed by atoms with E-state index < -0.39 is 0 Å². The molecule has 0 amide bonds. The molecule has 0 radical (unpaired) electrons. The summed E-state index contributed by atoms with van der Waals surface area (Å²) in [5, 5.41) is 13.2. The van der Waals surface area contributed by atoms with Crippen molar-refractivity contribution in [3.05, 3.63) is 22.6 Å². The van der Waals surface area contributed by atoms with Crippen molar-refractivity contribution < 1.29 is 4.42 Å². The Morgan fingerprint density at radius 3 is 2.80 bits per heavy atom. The van der Waals surface area contributed by atoms with E-state index in [1.165, 1.54) is 0 Å². The average molecular weight is 223 g/mol. The normalized spacial score (nSPS) is 10.9.